The molecule has 16 heavy (non-hydrogen) atoms. The normalized spacial score (nSPS) is 11.4. The smallest absolute Gasteiger partial charge is 0.142 e. The predicted molar refractivity (Wildman–Crippen MR) is 73.2 cm³/mol. The molecule has 0 radical (unpaired) electrons. The Labute approximate surface area is 103 Å². The Kier molecular flexibility index (Phi) is 4.59. The lowest BCUT2D eigenvalue weighted by atomic mass is 10.1. The van der Waals surface area contributed by atoms with Crippen molar-refractivity contribution in [1.29, 1.82) is 0 Å². The second kappa shape index (κ2) is 5.53. The highest BCUT2D eigenvalue weighted by Gasteiger charge is 2.16. The second-order valence-electron chi connectivity index (χ2n) is 5.19. The summed E-state index contributed by atoms with van der Waals surface area (Å²) in [5.74, 6) is 1.99. The van der Waals surface area contributed by atoms with Gasteiger partial charge >= 0.3 is 0 Å². The Morgan fingerprint density at radius 1 is 1.19 bits per heavy atom. The molecule has 0 aromatic carbocycles. The van der Waals surface area contributed by atoms with Crippen LogP contribution in [0, 0.1) is 18.8 Å². The number of aromatic nitrogens is 1. The van der Waals surface area contributed by atoms with E-state index in [2.05, 4.69) is 43.9 Å². The van der Waals surface area contributed by atoms with Crippen molar-refractivity contribution < 1.29 is 0 Å². The lowest BCUT2D eigenvalue weighted by Crippen LogP contribution is -2.31. The Hall–Kier alpha value is -0.770. The van der Waals surface area contributed by atoms with Crippen LogP contribution >= 0.6 is 11.5 Å². The molecule has 0 saturated heterocycles. The maximum atomic E-state index is 5.81. The van der Waals surface area contributed by atoms with Crippen LogP contribution in [-0.4, -0.2) is 17.5 Å². The minimum absolute atomic E-state index is 0.654. The molecule has 0 aliphatic rings. The maximum absolute atomic E-state index is 5.81. The van der Waals surface area contributed by atoms with E-state index in [0.717, 1.165) is 18.7 Å². The van der Waals surface area contributed by atoms with Crippen LogP contribution in [0.15, 0.2) is 0 Å². The summed E-state index contributed by atoms with van der Waals surface area (Å²) in [7, 11) is 0. The van der Waals surface area contributed by atoms with E-state index < -0.39 is 0 Å². The van der Waals surface area contributed by atoms with Crippen LogP contribution in [0.2, 0.25) is 0 Å². The number of hydrogen-bond donors (Lipinski definition) is 1. The summed E-state index contributed by atoms with van der Waals surface area (Å²) in [6, 6.07) is 0. The van der Waals surface area contributed by atoms with E-state index in [1.165, 1.54) is 16.5 Å². The van der Waals surface area contributed by atoms with Gasteiger partial charge in [-0.2, -0.15) is 4.37 Å². The Morgan fingerprint density at radius 3 is 2.00 bits per heavy atom. The molecule has 0 unspecified atom stereocenters. The molecule has 3 nitrogen and oxygen atoms in total. The minimum atomic E-state index is 0.654. The lowest BCUT2D eigenvalue weighted by molar-refractivity contribution is 0.554. The summed E-state index contributed by atoms with van der Waals surface area (Å²) in [4.78, 5) is 2.42. The fourth-order valence-electron chi connectivity index (χ4n) is 1.76. The first-order valence-corrected chi connectivity index (χ1v) is 6.65. The first-order valence-electron chi connectivity index (χ1n) is 5.88. The summed E-state index contributed by atoms with van der Waals surface area (Å²) >= 11 is 1.52. The average molecular weight is 241 g/mol. The van der Waals surface area contributed by atoms with Crippen molar-refractivity contribution in [2.45, 2.75) is 34.6 Å². The third-order valence-corrected chi connectivity index (χ3v) is 3.42. The van der Waals surface area contributed by atoms with E-state index in [1.54, 1.807) is 0 Å². The third kappa shape index (κ3) is 3.37. The zero-order valence-electron chi connectivity index (χ0n) is 10.9. The molecule has 0 atom stereocenters. The highest BCUT2D eigenvalue weighted by molar-refractivity contribution is 7.10. The van der Waals surface area contributed by atoms with Crippen LogP contribution in [0.4, 0.5) is 10.8 Å². The molecule has 1 rings (SSSR count). The van der Waals surface area contributed by atoms with E-state index >= 15 is 0 Å². The molecule has 0 bridgehead atoms. The Balaban J connectivity index is 2.87. The van der Waals surface area contributed by atoms with Gasteiger partial charge in [-0.3, -0.25) is 0 Å². The molecule has 1 aromatic heterocycles. The number of rotatable bonds is 5. The van der Waals surface area contributed by atoms with Gasteiger partial charge in [0.15, 0.2) is 0 Å². The van der Waals surface area contributed by atoms with Gasteiger partial charge in [0.25, 0.3) is 0 Å². The number of anilines is 2. The van der Waals surface area contributed by atoms with Crippen LogP contribution in [0.1, 0.15) is 33.3 Å². The largest absolute Gasteiger partial charge is 0.383 e. The van der Waals surface area contributed by atoms with Crippen molar-refractivity contribution in [2.75, 3.05) is 23.7 Å². The fourth-order valence-corrected chi connectivity index (χ4v) is 2.58. The molecule has 92 valence electrons. The van der Waals surface area contributed by atoms with Crippen LogP contribution < -0.4 is 10.6 Å². The van der Waals surface area contributed by atoms with E-state index in [-0.39, 0.29) is 0 Å². The van der Waals surface area contributed by atoms with Gasteiger partial charge in [-0.05, 0) is 30.3 Å². The highest BCUT2D eigenvalue weighted by Crippen LogP contribution is 2.30. The molecule has 0 fully saturated rings. The SMILES string of the molecule is Cc1c(N)nsc1N(CC(C)C)CC(C)C. The van der Waals surface area contributed by atoms with Crippen molar-refractivity contribution in [1.82, 2.24) is 4.37 Å². The summed E-state index contributed by atoms with van der Waals surface area (Å²) < 4.78 is 4.23. The van der Waals surface area contributed by atoms with Crippen molar-refractivity contribution in [3.8, 4) is 0 Å². The standard InChI is InChI=1S/C12H23N3S/c1-8(2)6-15(7-9(3)4)12-10(5)11(13)14-16-12/h8-9H,6-7H2,1-5H3,(H2,13,14). The highest BCUT2D eigenvalue weighted by atomic mass is 32.1. The molecule has 4 heteroatoms. The minimum Gasteiger partial charge on any atom is -0.383 e. The van der Waals surface area contributed by atoms with Gasteiger partial charge in [0.05, 0.1) is 0 Å². The first kappa shape index (κ1) is 13.3. The van der Waals surface area contributed by atoms with E-state index in [1.807, 2.05) is 0 Å². The van der Waals surface area contributed by atoms with Gasteiger partial charge in [-0.15, -0.1) is 0 Å². The van der Waals surface area contributed by atoms with Crippen molar-refractivity contribution >= 4 is 22.4 Å². The molecule has 1 aromatic rings. The fraction of sp³-hybridized carbons (Fsp3) is 0.750. The summed E-state index contributed by atoms with van der Waals surface area (Å²) in [5, 5.41) is 1.24. The van der Waals surface area contributed by atoms with Gasteiger partial charge in [0.1, 0.15) is 10.8 Å². The molecule has 0 amide bonds. The number of hydrogen-bond acceptors (Lipinski definition) is 4. The molecule has 0 saturated carbocycles. The zero-order valence-corrected chi connectivity index (χ0v) is 11.8. The maximum Gasteiger partial charge on any atom is 0.142 e. The number of nitrogen functional groups attached to an aromatic ring is 1. The predicted octanol–water partition coefficient (Wildman–Crippen LogP) is 3.15. The molecular formula is C12H23N3S. The molecular weight excluding hydrogens is 218 g/mol. The van der Waals surface area contributed by atoms with E-state index in [4.69, 9.17) is 5.73 Å². The molecule has 0 aliphatic carbocycles. The summed E-state index contributed by atoms with van der Waals surface area (Å²) in [5.41, 5.74) is 6.94. The monoisotopic (exact) mass is 241 g/mol. The second-order valence-corrected chi connectivity index (χ2v) is 5.94. The van der Waals surface area contributed by atoms with Crippen LogP contribution in [0.5, 0.6) is 0 Å². The topological polar surface area (TPSA) is 42.1 Å². The Morgan fingerprint density at radius 2 is 1.69 bits per heavy atom. The van der Waals surface area contributed by atoms with E-state index in [9.17, 15) is 0 Å². The van der Waals surface area contributed by atoms with Crippen LogP contribution in [0.25, 0.3) is 0 Å². The molecule has 0 spiro atoms. The van der Waals surface area contributed by atoms with Crippen molar-refractivity contribution in [3.05, 3.63) is 5.56 Å². The van der Waals surface area contributed by atoms with Crippen molar-refractivity contribution in [2.24, 2.45) is 11.8 Å². The summed E-state index contributed by atoms with van der Waals surface area (Å²) in [6.07, 6.45) is 0. The van der Waals surface area contributed by atoms with Gasteiger partial charge < -0.3 is 10.6 Å². The zero-order chi connectivity index (χ0) is 12.3. The van der Waals surface area contributed by atoms with Crippen LogP contribution in [0.3, 0.4) is 0 Å². The third-order valence-electron chi connectivity index (χ3n) is 2.39. The van der Waals surface area contributed by atoms with E-state index in [0.29, 0.717) is 17.7 Å². The molecule has 1 heterocycles. The summed E-state index contributed by atoms with van der Waals surface area (Å²) in [6.45, 7) is 13.2. The average Bonchev–Trinajstić information content (AvgIpc) is 2.45. The first-order chi connectivity index (χ1) is 7.41. The number of nitrogens with zero attached hydrogens (tertiary/aromatic N) is 2. The lowest BCUT2D eigenvalue weighted by Gasteiger charge is -2.27. The van der Waals surface area contributed by atoms with Gasteiger partial charge in [-0.1, -0.05) is 27.7 Å². The van der Waals surface area contributed by atoms with Crippen molar-refractivity contribution in [3.63, 3.8) is 0 Å². The number of nitrogens with two attached hydrogens (primary N) is 1. The molecule has 2 N–H and O–H groups in total. The van der Waals surface area contributed by atoms with Gasteiger partial charge in [-0.25, -0.2) is 0 Å². The quantitative estimate of drug-likeness (QED) is 0.861. The molecule has 0 aliphatic heterocycles. The van der Waals surface area contributed by atoms with Crippen LogP contribution in [-0.2, 0) is 0 Å². The van der Waals surface area contributed by atoms with Gasteiger partial charge in [0.2, 0.25) is 0 Å². The van der Waals surface area contributed by atoms with Gasteiger partial charge in [0, 0.05) is 18.7 Å². The Bertz CT molecular complexity index is 321.